The van der Waals surface area contributed by atoms with Gasteiger partial charge in [0.1, 0.15) is 0 Å². The topological polar surface area (TPSA) is 0 Å². The molecule has 0 aliphatic rings. The van der Waals surface area contributed by atoms with Crippen LogP contribution < -0.4 is 0 Å². The molecule has 0 spiro atoms. The molecule has 15 heavy (non-hydrogen) atoms. The second-order valence-corrected chi connectivity index (χ2v) is 4.39. The second kappa shape index (κ2) is 3.74. The molecule has 1 aromatic carbocycles. The van der Waals surface area contributed by atoms with Crippen LogP contribution in [0.25, 0.3) is 10.4 Å². The van der Waals surface area contributed by atoms with Gasteiger partial charge in [-0.1, -0.05) is 30.3 Å². The van der Waals surface area contributed by atoms with Crippen molar-refractivity contribution in [3.63, 3.8) is 0 Å². The molecule has 0 unspecified atom stereocenters. The maximum atomic E-state index is 12.9. The van der Waals surface area contributed by atoms with E-state index >= 15 is 0 Å². The normalized spacial score (nSPS) is 11.7. The van der Waals surface area contributed by atoms with Crippen LogP contribution in [0.5, 0.6) is 0 Å². The lowest BCUT2D eigenvalue weighted by Crippen LogP contribution is -2.06. The molecule has 0 radical (unpaired) electrons. The van der Waals surface area contributed by atoms with Crippen molar-refractivity contribution in [1.29, 1.82) is 0 Å². The van der Waals surface area contributed by atoms with E-state index in [9.17, 15) is 8.78 Å². The van der Waals surface area contributed by atoms with Crippen molar-refractivity contribution >= 4 is 11.3 Å². The molecular formula is C12H10F2S. The van der Waals surface area contributed by atoms with Gasteiger partial charge < -0.3 is 0 Å². The Bertz CT molecular complexity index is 424. The molecule has 0 saturated heterocycles. The van der Waals surface area contributed by atoms with Gasteiger partial charge in [-0.3, -0.25) is 0 Å². The van der Waals surface area contributed by atoms with E-state index in [0.717, 1.165) is 17.4 Å². The third kappa shape index (κ3) is 2.23. The largest absolute Gasteiger partial charge is 0.270 e. The Hall–Kier alpha value is -1.22. The zero-order chi connectivity index (χ0) is 10.9. The average molecular weight is 224 g/mol. The number of hydrogen-bond donors (Lipinski definition) is 0. The van der Waals surface area contributed by atoms with Gasteiger partial charge >= 0.3 is 0 Å². The monoisotopic (exact) mass is 224 g/mol. The summed E-state index contributed by atoms with van der Waals surface area (Å²) in [6.45, 7) is 0.910. The van der Waals surface area contributed by atoms with Crippen molar-refractivity contribution in [2.24, 2.45) is 0 Å². The summed E-state index contributed by atoms with van der Waals surface area (Å²) in [5.41, 5.74) is 1.04. The predicted octanol–water partition coefficient (Wildman–Crippen LogP) is 4.53. The Morgan fingerprint density at radius 3 is 2.20 bits per heavy atom. The van der Waals surface area contributed by atoms with Gasteiger partial charge in [0, 0.05) is 17.4 Å². The average Bonchev–Trinajstić information content (AvgIpc) is 2.69. The molecule has 0 amide bonds. The molecule has 0 fully saturated rings. The minimum absolute atomic E-state index is 0.0582. The van der Waals surface area contributed by atoms with Crippen molar-refractivity contribution in [1.82, 2.24) is 0 Å². The van der Waals surface area contributed by atoms with E-state index in [1.54, 1.807) is 23.5 Å². The highest BCUT2D eigenvalue weighted by Gasteiger charge is 2.23. The van der Waals surface area contributed by atoms with Crippen LogP contribution >= 0.6 is 11.3 Å². The number of halogens is 2. The van der Waals surface area contributed by atoms with Crippen LogP contribution in [0.1, 0.15) is 12.5 Å². The van der Waals surface area contributed by atoms with Crippen molar-refractivity contribution in [2.45, 2.75) is 12.8 Å². The lowest BCUT2D eigenvalue weighted by molar-refractivity contribution is 0.0175. The van der Waals surface area contributed by atoms with Gasteiger partial charge in [-0.2, -0.15) is 0 Å². The molecule has 1 heterocycles. The molecule has 2 rings (SSSR count). The minimum Gasteiger partial charge on any atom is -0.202 e. The summed E-state index contributed by atoms with van der Waals surface area (Å²) < 4.78 is 25.9. The lowest BCUT2D eigenvalue weighted by Gasteiger charge is -2.10. The van der Waals surface area contributed by atoms with E-state index in [0.29, 0.717) is 0 Å². The first kappa shape index (κ1) is 10.3. The smallest absolute Gasteiger partial charge is 0.202 e. The summed E-state index contributed by atoms with van der Waals surface area (Å²) >= 11 is 1.60. The van der Waals surface area contributed by atoms with Crippen molar-refractivity contribution < 1.29 is 8.78 Å². The number of rotatable bonds is 2. The Morgan fingerprint density at radius 1 is 1.07 bits per heavy atom. The summed E-state index contributed by atoms with van der Waals surface area (Å²) in [7, 11) is 0. The molecular weight excluding hydrogens is 214 g/mol. The van der Waals surface area contributed by atoms with Gasteiger partial charge in [0.25, 0.3) is 5.92 Å². The molecule has 0 atom stereocenters. The maximum Gasteiger partial charge on any atom is 0.270 e. The number of hydrogen-bond acceptors (Lipinski definition) is 1. The SMILES string of the molecule is CC(F)(F)c1ccc(-c2cccs2)cc1. The Kier molecular flexibility index (Phi) is 2.57. The molecule has 3 heteroatoms. The van der Waals surface area contributed by atoms with E-state index in [2.05, 4.69) is 0 Å². The highest BCUT2D eigenvalue weighted by Crippen LogP contribution is 2.30. The molecule has 0 aliphatic carbocycles. The highest BCUT2D eigenvalue weighted by atomic mass is 32.1. The van der Waals surface area contributed by atoms with E-state index in [1.807, 2.05) is 17.5 Å². The number of benzene rings is 1. The minimum atomic E-state index is -2.76. The van der Waals surface area contributed by atoms with Gasteiger partial charge in [-0.05, 0) is 17.0 Å². The quantitative estimate of drug-likeness (QED) is 0.703. The standard InChI is InChI=1S/C12H10F2S/c1-12(13,14)10-6-4-9(5-7-10)11-3-2-8-15-11/h2-8H,1H3. The zero-order valence-corrected chi connectivity index (χ0v) is 9.02. The number of thiophene rings is 1. The molecule has 0 N–H and O–H groups in total. The van der Waals surface area contributed by atoms with Gasteiger partial charge in [-0.25, -0.2) is 8.78 Å². The fraction of sp³-hybridized carbons (Fsp3) is 0.167. The fourth-order valence-electron chi connectivity index (χ4n) is 1.37. The molecule has 0 bridgehead atoms. The predicted molar refractivity (Wildman–Crippen MR) is 59.3 cm³/mol. The first-order chi connectivity index (χ1) is 7.07. The van der Waals surface area contributed by atoms with Crippen LogP contribution in [0, 0.1) is 0 Å². The Labute approximate surface area is 91.2 Å². The Balaban J connectivity index is 2.33. The van der Waals surface area contributed by atoms with Crippen LogP contribution in [0.2, 0.25) is 0 Å². The van der Waals surface area contributed by atoms with Crippen molar-refractivity contribution in [3.8, 4) is 10.4 Å². The van der Waals surface area contributed by atoms with E-state index < -0.39 is 5.92 Å². The fourth-order valence-corrected chi connectivity index (χ4v) is 2.10. The molecule has 0 saturated carbocycles. The highest BCUT2D eigenvalue weighted by molar-refractivity contribution is 7.13. The molecule has 0 nitrogen and oxygen atoms in total. The van der Waals surface area contributed by atoms with E-state index in [-0.39, 0.29) is 5.56 Å². The van der Waals surface area contributed by atoms with E-state index in [4.69, 9.17) is 0 Å². The van der Waals surface area contributed by atoms with Gasteiger partial charge in [0.15, 0.2) is 0 Å². The summed E-state index contributed by atoms with van der Waals surface area (Å²) in [4.78, 5) is 1.10. The van der Waals surface area contributed by atoms with Gasteiger partial charge in [-0.15, -0.1) is 11.3 Å². The van der Waals surface area contributed by atoms with Crippen LogP contribution in [0.3, 0.4) is 0 Å². The van der Waals surface area contributed by atoms with Crippen LogP contribution in [0.15, 0.2) is 41.8 Å². The van der Waals surface area contributed by atoms with Gasteiger partial charge in [0.05, 0.1) is 0 Å². The molecule has 0 aliphatic heterocycles. The summed E-state index contributed by atoms with van der Waals surface area (Å²) in [5, 5.41) is 1.97. The second-order valence-electron chi connectivity index (χ2n) is 3.44. The zero-order valence-electron chi connectivity index (χ0n) is 8.21. The summed E-state index contributed by atoms with van der Waals surface area (Å²) in [6.07, 6.45) is 0. The van der Waals surface area contributed by atoms with Crippen LogP contribution in [-0.2, 0) is 5.92 Å². The third-order valence-corrected chi connectivity index (χ3v) is 3.12. The summed E-state index contributed by atoms with van der Waals surface area (Å²) in [6, 6.07) is 10.4. The number of alkyl halides is 2. The van der Waals surface area contributed by atoms with Crippen molar-refractivity contribution in [3.05, 3.63) is 47.3 Å². The maximum absolute atomic E-state index is 12.9. The molecule has 1 aromatic heterocycles. The third-order valence-electron chi connectivity index (χ3n) is 2.20. The van der Waals surface area contributed by atoms with Gasteiger partial charge in [0.2, 0.25) is 0 Å². The van der Waals surface area contributed by atoms with Crippen LogP contribution in [0.4, 0.5) is 8.78 Å². The van der Waals surface area contributed by atoms with Crippen LogP contribution in [-0.4, -0.2) is 0 Å². The molecule has 2 aromatic rings. The summed E-state index contributed by atoms with van der Waals surface area (Å²) in [5.74, 6) is -2.76. The first-order valence-electron chi connectivity index (χ1n) is 4.59. The van der Waals surface area contributed by atoms with Crippen molar-refractivity contribution in [2.75, 3.05) is 0 Å². The Morgan fingerprint density at radius 2 is 1.73 bits per heavy atom. The van der Waals surface area contributed by atoms with E-state index in [1.165, 1.54) is 12.1 Å². The lowest BCUT2D eigenvalue weighted by atomic mass is 10.1. The first-order valence-corrected chi connectivity index (χ1v) is 5.47. The molecule has 78 valence electrons.